The van der Waals surface area contributed by atoms with Crippen molar-refractivity contribution in [2.75, 3.05) is 18.5 Å². The highest BCUT2D eigenvalue weighted by atomic mass is 19.2. The van der Waals surface area contributed by atoms with Gasteiger partial charge in [0.1, 0.15) is 0 Å². The second-order valence-corrected chi connectivity index (χ2v) is 4.11. The van der Waals surface area contributed by atoms with Gasteiger partial charge in [-0.25, -0.2) is 8.78 Å². The van der Waals surface area contributed by atoms with Gasteiger partial charge in [0, 0.05) is 19.7 Å². The number of hydrogen-bond donors (Lipinski definition) is 1. The highest BCUT2D eigenvalue weighted by Crippen LogP contribution is 2.32. The Bertz CT molecular complexity index is 522. The monoisotopic (exact) mass is 274 g/mol. The Morgan fingerprint density at radius 2 is 2.11 bits per heavy atom. The number of rotatable bonds is 5. The predicted molar refractivity (Wildman–Crippen MR) is 63.1 cm³/mol. The summed E-state index contributed by atoms with van der Waals surface area (Å²) in [6, 6.07) is 1.50. The summed E-state index contributed by atoms with van der Waals surface area (Å²) in [7, 11) is 1.27. The fourth-order valence-corrected chi connectivity index (χ4v) is 1.62. The zero-order valence-corrected chi connectivity index (χ0v) is 10.3. The number of carboxylic acids is 1. The summed E-state index contributed by atoms with van der Waals surface area (Å²) in [5.41, 5.74) is -1.17. The molecule has 0 spiro atoms. The van der Waals surface area contributed by atoms with Crippen LogP contribution in [0.2, 0.25) is 0 Å². The normalized spacial score (nSPS) is 12.0. The topological polar surface area (TPSA) is 83.7 Å². The van der Waals surface area contributed by atoms with Crippen LogP contribution in [-0.4, -0.2) is 29.6 Å². The molecule has 1 unspecified atom stereocenters. The minimum atomic E-state index is -1.37. The van der Waals surface area contributed by atoms with Crippen LogP contribution in [-0.2, 0) is 4.79 Å². The first kappa shape index (κ1) is 14.8. The van der Waals surface area contributed by atoms with E-state index in [0.29, 0.717) is 6.07 Å². The highest BCUT2D eigenvalue weighted by molar-refractivity contribution is 5.71. The lowest BCUT2D eigenvalue weighted by Gasteiger charge is -2.21. The minimum Gasteiger partial charge on any atom is -0.481 e. The van der Waals surface area contributed by atoms with E-state index in [-0.39, 0.29) is 6.54 Å². The van der Waals surface area contributed by atoms with Crippen LogP contribution in [0.25, 0.3) is 0 Å². The van der Waals surface area contributed by atoms with Crippen molar-refractivity contribution < 1.29 is 23.6 Å². The van der Waals surface area contributed by atoms with Gasteiger partial charge in [0.15, 0.2) is 17.3 Å². The van der Waals surface area contributed by atoms with Gasteiger partial charge in [-0.15, -0.1) is 0 Å². The largest absolute Gasteiger partial charge is 0.481 e. The zero-order valence-electron chi connectivity index (χ0n) is 10.3. The molecule has 0 radical (unpaired) electrons. The van der Waals surface area contributed by atoms with Gasteiger partial charge in [-0.3, -0.25) is 14.9 Å². The number of nitro groups is 1. The van der Waals surface area contributed by atoms with Crippen molar-refractivity contribution in [2.24, 2.45) is 5.92 Å². The third kappa shape index (κ3) is 3.15. The Hall–Kier alpha value is -2.25. The Labute approximate surface area is 107 Å². The van der Waals surface area contributed by atoms with E-state index in [4.69, 9.17) is 5.11 Å². The number of carbonyl (C=O) groups is 1. The van der Waals surface area contributed by atoms with Crippen LogP contribution in [0.1, 0.15) is 6.92 Å². The number of benzene rings is 1. The molecule has 0 bridgehead atoms. The van der Waals surface area contributed by atoms with Gasteiger partial charge < -0.3 is 10.0 Å². The van der Waals surface area contributed by atoms with E-state index in [2.05, 4.69) is 0 Å². The van der Waals surface area contributed by atoms with Crippen LogP contribution in [0, 0.1) is 27.7 Å². The van der Waals surface area contributed by atoms with Crippen LogP contribution < -0.4 is 4.90 Å². The van der Waals surface area contributed by atoms with Crippen molar-refractivity contribution in [2.45, 2.75) is 6.92 Å². The van der Waals surface area contributed by atoms with E-state index < -0.39 is 39.8 Å². The molecule has 0 saturated heterocycles. The predicted octanol–water partition coefficient (Wildman–Crippen LogP) is 2.03. The first-order valence-corrected chi connectivity index (χ1v) is 5.32. The molecule has 0 heterocycles. The number of nitrogens with zero attached hydrogens (tertiary/aromatic N) is 2. The molecule has 1 N–H and O–H groups in total. The van der Waals surface area contributed by atoms with Gasteiger partial charge in [0.25, 0.3) is 5.69 Å². The standard InChI is InChI=1S/C11H12F2N2O4/c1-6(11(16)17)5-14(2)10-8(15(18)19)4-3-7(12)9(10)13/h3-4,6H,5H2,1-2H3,(H,16,17). The SMILES string of the molecule is CC(CN(C)c1c([N+](=O)[O-])ccc(F)c1F)C(=O)O. The van der Waals surface area contributed by atoms with Crippen molar-refractivity contribution in [3.05, 3.63) is 33.9 Å². The average Bonchev–Trinajstić information content (AvgIpc) is 2.31. The van der Waals surface area contributed by atoms with Gasteiger partial charge in [-0.2, -0.15) is 0 Å². The van der Waals surface area contributed by atoms with Crippen molar-refractivity contribution in [3.63, 3.8) is 0 Å². The quantitative estimate of drug-likeness (QED) is 0.656. The van der Waals surface area contributed by atoms with Gasteiger partial charge in [-0.1, -0.05) is 6.92 Å². The molecular formula is C11H12F2N2O4. The molecule has 104 valence electrons. The fourth-order valence-electron chi connectivity index (χ4n) is 1.62. The molecule has 0 aliphatic rings. The molecule has 1 aromatic rings. The third-order valence-electron chi connectivity index (χ3n) is 2.60. The van der Waals surface area contributed by atoms with Gasteiger partial charge >= 0.3 is 5.97 Å². The van der Waals surface area contributed by atoms with Crippen LogP contribution >= 0.6 is 0 Å². The van der Waals surface area contributed by atoms with Crippen molar-refractivity contribution in [1.29, 1.82) is 0 Å². The van der Waals surface area contributed by atoms with E-state index in [1.54, 1.807) is 0 Å². The average molecular weight is 274 g/mol. The lowest BCUT2D eigenvalue weighted by atomic mass is 10.1. The van der Waals surface area contributed by atoms with Crippen LogP contribution in [0.3, 0.4) is 0 Å². The summed E-state index contributed by atoms with van der Waals surface area (Å²) in [5, 5.41) is 19.5. The molecule has 1 aromatic carbocycles. The summed E-state index contributed by atoms with van der Waals surface area (Å²) in [6.07, 6.45) is 0. The maximum atomic E-state index is 13.7. The Morgan fingerprint density at radius 1 is 1.53 bits per heavy atom. The molecule has 0 aliphatic carbocycles. The summed E-state index contributed by atoms with van der Waals surface area (Å²) < 4.78 is 26.8. The number of carboxylic acid groups (broad SMARTS) is 1. The third-order valence-corrected chi connectivity index (χ3v) is 2.60. The molecule has 6 nitrogen and oxygen atoms in total. The second kappa shape index (κ2) is 5.59. The molecule has 1 rings (SSSR count). The lowest BCUT2D eigenvalue weighted by Crippen LogP contribution is -2.29. The van der Waals surface area contributed by atoms with Crippen LogP contribution in [0.5, 0.6) is 0 Å². The number of halogens is 2. The molecule has 1 atom stereocenters. The second-order valence-electron chi connectivity index (χ2n) is 4.11. The Kier molecular flexibility index (Phi) is 4.36. The zero-order chi connectivity index (χ0) is 14.7. The summed E-state index contributed by atoms with van der Waals surface area (Å²) in [4.78, 5) is 21.7. The maximum absolute atomic E-state index is 13.7. The molecule has 0 saturated carbocycles. The molecule has 0 fully saturated rings. The van der Waals surface area contributed by atoms with Crippen LogP contribution in [0.15, 0.2) is 12.1 Å². The van der Waals surface area contributed by atoms with E-state index >= 15 is 0 Å². The summed E-state index contributed by atoms with van der Waals surface area (Å²) in [5.74, 6) is -4.61. The molecular weight excluding hydrogens is 262 g/mol. The summed E-state index contributed by atoms with van der Waals surface area (Å²) in [6.45, 7) is 1.18. The van der Waals surface area contributed by atoms with Gasteiger partial charge in [0.2, 0.25) is 0 Å². The van der Waals surface area contributed by atoms with Gasteiger partial charge in [0.05, 0.1) is 10.8 Å². The summed E-state index contributed by atoms with van der Waals surface area (Å²) >= 11 is 0. The smallest absolute Gasteiger partial charge is 0.308 e. The van der Waals surface area contributed by atoms with E-state index in [9.17, 15) is 23.7 Å². The highest BCUT2D eigenvalue weighted by Gasteiger charge is 2.26. The van der Waals surface area contributed by atoms with Crippen molar-refractivity contribution in [3.8, 4) is 0 Å². The molecule has 0 aromatic heterocycles. The number of nitro benzene ring substituents is 1. The van der Waals surface area contributed by atoms with Crippen molar-refractivity contribution in [1.82, 2.24) is 0 Å². The van der Waals surface area contributed by atoms with Crippen LogP contribution in [0.4, 0.5) is 20.2 Å². The first-order valence-electron chi connectivity index (χ1n) is 5.32. The molecule has 8 heteroatoms. The van der Waals surface area contributed by atoms with E-state index in [1.165, 1.54) is 14.0 Å². The molecule has 0 aliphatic heterocycles. The fraction of sp³-hybridized carbons (Fsp3) is 0.364. The number of hydrogen-bond acceptors (Lipinski definition) is 4. The maximum Gasteiger partial charge on any atom is 0.308 e. The Balaban J connectivity index is 3.20. The van der Waals surface area contributed by atoms with E-state index in [1.807, 2.05) is 0 Å². The number of anilines is 1. The molecule has 0 amide bonds. The van der Waals surface area contributed by atoms with Gasteiger partial charge in [-0.05, 0) is 6.07 Å². The lowest BCUT2D eigenvalue weighted by molar-refractivity contribution is -0.384. The van der Waals surface area contributed by atoms with Crippen molar-refractivity contribution >= 4 is 17.3 Å². The van der Waals surface area contributed by atoms with E-state index in [0.717, 1.165) is 11.0 Å². The molecule has 19 heavy (non-hydrogen) atoms. The number of aliphatic carboxylic acids is 1. The Morgan fingerprint density at radius 3 is 2.58 bits per heavy atom. The first-order chi connectivity index (χ1) is 8.75. The minimum absolute atomic E-state index is 0.184.